The molecule has 0 bridgehead atoms. The summed E-state index contributed by atoms with van der Waals surface area (Å²) in [5.74, 6) is -1.59. The van der Waals surface area contributed by atoms with E-state index in [1.165, 1.54) is 31.3 Å². The van der Waals surface area contributed by atoms with Crippen LogP contribution in [0.1, 0.15) is 34.7 Å². The molecule has 2 N–H and O–H groups in total. The van der Waals surface area contributed by atoms with Crippen molar-refractivity contribution in [1.29, 1.82) is 0 Å². The Hall–Kier alpha value is -2.68. The molecule has 1 aromatic carbocycles. The summed E-state index contributed by atoms with van der Waals surface area (Å²) < 4.78 is 28.0. The first-order valence-corrected chi connectivity index (χ1v) is 8.54. The number of ketones is 1. The molecule has 128 valence electrons. The van der Waals surface area contributed by atoms with Gasteiger partial charge in [0.1, 0.15) is 5.69 Å². The van der Waals surface area contributed by atoms with Crippen LogP contribution in [0.4, 0.5) is 5.69 Å². The molecule has 0 aliphatic carbocycles. The minimum absolute atomic E-state index is 0.0806. The average molecular weight is 351 g/mol. The lowest BCUT2D eigenvalue weighted by atomic mass is 10.0. The zero-order valence-corrected chi connectivity index (χ0v) is 14.2. The summed E-state index contributed by atoms with van der Waals surface area (Å²) >= 11 is 0. The quantitative estimate of drug-likeness (QED) is 0.766. The van der Waals surface area contributed by atoms with E-state index in [0.29, 0.717) is 5.56 Å². The molecule has 0 radical (unpaired) electrons. The fourth-order valence-electron chi connectivity index (χ4n) is 2.10. The van der Waals surface area contributed by atoms with Crippen molar-refractivity contribution in [1.82, 2.24) is 9.78 Å². The van der Waals surface area contributed by atoms with Crippen LogP contribution in [0.5, 0.6) is 0 Å². The van der Waals surface area contributed by atoms with Gasteiger partial charge in [-0.25, -0.2) is 13.2 Å². The Kier molecular flexibility index (Phi) is 4.74. The lowest BCUT2D eigenvalue weighted by molar-refractivity contribution is 0.0686. The first kappa shape index (κ1) is 17.7. The summed E-state index contributed by atoms with van der Waals surface area (Å²) in [5, 5.41) is 12.9. The van der Waals surface area contributed by atoms with Gasteiger partial charge in [-0.05, 0) is 12.1 Å². The summed E-state index contributed by atoms with van der Waals surface area (Å²) in [6, 6.07) is 5.46. The number of rotatable bonds is 6. The van der Waals surface area contributed by atoms with Crippen LogP contribution in [0.2, 0.25) is 0 Å². The second kappa shape index (κ2) is 6.44. The number of aromatic nitrogens is 2. The number of aryl methyl sites for hydroxylation is 1. The van der Waals surface area contributed by atoms with E-state index in [9.17, 15) is 18.0 Å². The molecule has 0 aliphatic rings. The second-order valence-corrected chi connectivity index (χ2v) is 7.17. The lowest BCUT2D eigenvalue weighted by Gasteiger charge is -2.09. The van der Waals surface area contributed by atoms with Crippen LogP contribution in [0.25, 0.3) is 0 Å². The van der Waals surface area contributed by atoms with Gasteiger partial charge in [-0.3, -0.25) is 14.2 Å². The van der Waals surface area contributed by atoms with Crippen molar-refractivity contribution in [3.05, 3.63) is 41.7 Å². The minimum atomic E-state index is -4.00. The average Bonchev–Trinajstić information content (AvgIpc) is 2.86. The minimum Gasteiger partial charge on any atom is -0.476 e. The maximum absolute atomic E-state index is 12.4. The number of sulfonamides is 1. The Balaban J connectivity index is 2.32. The molecule has 1 heterocycles. The Labute approximate surface area is 139 Å². The zero-order chi connectivity index (χ0) is 18.1. The van der Waals surface area contributed by atoms with E-state index >= 15 is 0 Å². The normalized spacial score (nSPS) is 11.5. The Morgan fingerprint density at radius 3 is 2.29 bits per heavy atom. The number of aromatic carboxylic acids is 1. The molecule has 0 amide bonds. The van der Waals surface area contributed by atoms with Crippen LogP contribution in [0, 0.1) is 5.92 Å². The van der Waals surface area contributed by atoms with E-state index in [1.807, 2.05) is 0 Å². The predicted octanol–water partition coefficient (Wildman–Crippen LogP) is 1.76. The molecule has 24 heavy (non-hydrogen) atoms. The highest BCUT2D eigenvalue weighted by molar-refractivity contribution is 7.92. The molecule has 8 nitrogen and oxygen atoms in total. The largest absolute Gasteiger partial charge is 0.476 e. The number of hydrogen-bond acceptors (Lipinski definition) is 5. The molecule has 0 unspecified atom stereocenters. The molecule has 0 aliphatic heterocycles. The maximum atomic E-state index is 12.4. The number of nitrogens with zero attached hydrogens (tertiary/aromatic N) is 2. The molecule has 2 aromatic rings. The van der Waals surface area contributed by atoms with Gasteiger partial charge < -0.3 is 5.11 Å². The van der Waals surface area contributed by atoms with Gasteiger partial charge in [-0.15, -0.1) is 0 Å². The van der Waals surface area contributed by atoms with Gasteiger partial charge in [0.25, 0.3) is 10.0 Å². The SMILES string of the molecule is CC(C)C(=O)c1ccc(S(=O)(=O)Nc2cnn(C)c2C(=O)O)cc1. The van der Waals surface area contributed by atoms with Gasteiger partial charge in [0, 0.05) is 18.5 Å². The van der Waals surface area contributed by atoms with E-state index in [1.54, 1.807) is 13.8 Å². The molecule has 0 spiro atoms. The monoisotopic (exact) mass is 351 g/mol. The molecule has 0 saturated carbocycles. The molecule has 0 atom stereocenters. The van der Waals surface area contributed by atoms with Crippen molar-refractivity contribution in [2.24, 2.45) is 13.0 Å². The summed E-state index contributed by atoms with van der Waals surface area (Å²) in [4.78, 5) is 23.0. The lowest BCUT2D eigenvalue weighted by Crippen LogP contribution is -2.16. The summed E-state index contributed by atoms with van der Waals surface area (Å²) in [6.07, 6.45) is 1.12. The van der Waals surface area contributed by atoms with Crippen molar-refractivity contribution in [2.45, 2.75) is 18.7 Å². The van der Waals surface area contributed by atoms with Crippen LogP contribution in [-0.2, 0) is 17.1 Å². The zero-order valence-electron chi connectivity index (χ0n) is 13.3. The highest BCUT2D eigenvalue weighted by atomic mass is 32.2. The van der Waals surface area contributed by atoms with Crippen LogP contribution in [0.3, 0.4) is 0 Å². The van der Waals surface area contributed by atoms with E-state index < -0.39 is 16.0 Å². The molecule has 2 rings (SSSR count). The van der Waals surface area contributed by atoms with E-state index in [-0.39, 0.29) is 28.0 Å². The highest BCUT2D eigenvalue weighted by Gasteiger charge is 2.22. The van der Waals surface area contributed by atoms with Crippen LogP contribution >= 0.6 is 0 Å². The number of carboxylic acid groups (broad SMARTS) is 1. The summed E-state index contributed by atoms with van der Waals surface area (Å²) in [6.45, 7) is 3.51. The van der Waals surface area contributed by atoms with Crippen molar-refractivity contribution >= 4 is 27.5 Å². The number of benzene rings is 1. The van der Waals surface area contributed by atoms with Crippen LogP contribution < -0.4 is 4.72 Å². The van der Waals surface area contributed by atoms with E-state index in [2.05, 4.69) is 9.82 Å². The number of nitrogens with one attached hydrogen (secondary N) is 1. The Morgan fingerprint density at radius 1 is 1.21 bits per heavy atom. The molecular weight excluding hydrogens is 334 g/mol. The van der Waals surface area contributed by atoms with Gasteiger partial charge in [0.2, 0.25) is 0 Å². The highest BCUT2D eigenvalue weighted by Crippen LogP contribution is 2.20. The van der Waals surface area contributed by atoms with Gasteiger partial charge in [-0.1, -0.05) is 26.0 Å². The van der Waals surface area contributed by atoms with Crippen LogP contribution in [0.15, 0.2) is 35.4 Å². The van der Waals surface area contributed by atoms with Crippen molar-refractivity contribution in [3.8, 4) is 0 Å². The van der Waals surface area contributed by atoms with Gasteiger partial charge in [-0.2, -0.15) is 5.10 Å². The van der Waals surface area contributed by atoms with E-state index in [4.69, 9.17) is 5.11 Å². The molecule has 9 heteroatoms. The van der Waals surface area contributed by atoms with Crippen molar-refractivity contribution in [3.63, 3.8) is 0 Å². The molecular formula is C15H17N3O5S. The number of carbonyl (C=O) groups excluding carboxylic acids is 1. The fourth-order valence-corrected chi connectivity index (χ4v) is 3.15. The third kappa shape index (κ3) is 3.46. The Morgan fingerprint density at radius 2 is 1.79 bits per heavy atom. The van der Waals surface area contributed by atoms with Gasteiger partial charge in [0.05, 0.1) is 11.1 Å². The predicted molar refractivity (Wildman–Crippen MR) is 86.6 cm³/mol. The number of hydrogen-bond donors (Lipinski definition) is 2. The van der Waals surface area contributed by atoms with E-state index in [0.717, 1.165) is 10.9 Å². The Bertz CT molecular complexity index is 882. The molecule has 1 aromatic heterocycles. The fraction of sp³-hybridized carbons (Fsp3) is 0.267. The number of carboxylic acids is 1. The third-order valence-corrected chi connectivity index (χ3v) is 4.74. The standard InChI is InChI=1S/C15H17N3O5S/c1-9(2)14(19)10-4-6-11(7-5-10)24(22,23)17-12-8-16-18(3)13(12)15(20)21/h4-9,17H,1-3H3,(H,20,21). The van der Waals surface area contributed by atoms with Crippen LogP contribution in [-0.4, -0.2) is 35.1 Å². The first-order chi connectivity index (χ1) is 11.1. The number of anilines is 1. The van der Waals surface area contributed by atoms with Gasteiger partial charge in [0.15, 0.2) is 11.5 Å². The second-order valence-electron chi connectivity index (χ2n) is 5.48. The topological polar surface area (TPSA) is 118 Å². The smallest absolute Gasteiger partial charge is 0.356 e. The number of carbonyl (C=O) groups is 2. The first-order valence-electron chi connectivity index (χ1n) is 7.06. The third-order valence-electron chi connectivity index (χ3n) is 3.36. The summed E-state index contributed by atoms with van der Waals surface area (Å²) in [5.41, 5.74) is 0.00840. The van der Waals surface area contributed by atoms with Crippen molar-refractivity contribution < 1.29 is 23.1 Å². The molecule has 0 fully saturated rings. The number of Topliss-reactive ketones (excluding diaryl/α,β-unsaturated/α-hetero) is 1. The van der Waals surface area contributed by atoms with Crippen molar-refractivity contribution in [2.75, 3.05) is 4.72 Å². The molecule has 0 saturated heterocycles. The van der Waals surface area contributed by atoms with Gasteiger partial charge >= 0.3 is 5.97 Å². The summed E-state index contributed by atoms with van der Waals surface area (Å²) in [7, 11) is -2.60. The maximum Gasteiger partial charge on any atom is 0.356 e.